The van der Waals surface area contributed by atoms with Gasteiger partial charge >= 0.3 is 0 Å². The number of rotatable bonds is 2. The van der Waals surface area contributed by atoms with Crippen LogP contribution in [0.15, 0.2) is 30.5 Å². The van der Waals surface area contributed by atoms with Gasteiger partial charge in [-0.15, -0.1) is 0 Å². The van der Waals surface area contributed by atoms with Crippen molar-refractivity contribution in [3.63, 3.8) is 0 Å². The summed E-state index contributed by atoms with van der Waals surface area (Å²) in [6, 6.07) is 7.53. The Morgan fingerprint density at radius 2 is 2.07 bits per heavy atom. The minimum Gasteiger partial charge on any atom is -0.390 e. The normalized spacial score (nSPS) is 10.6. The molecule has 2 aromatic rings. The van der Waals surface area contributed by atoms with Crippen LogP contribution in [0.1, 0.15) is 5.69 Å². The van der Waals surface area contributed by atoms with E-state index in [-0.39, 0.29) is 6.61 Å². The zero-order valence-electron chi connectivity index (χ0n) is 8.31. The molecule has 0 spiro atoms. The highest BCUT2D eigenvalue weighted by atomic mass is 35.5. The van der Waals surface area contributed by atoms with E-state index in [1.165, 1.54) is 0 Å². The van der Waals surface area contributed by atoms with Gasteiger partial charge in [0.2, 0.25) is 0 Å². The van der Waals surface area contributed by atoms with E-state index < -0.39 is 0 Å². The Labute approximate surface area is 92.9 Å². The third-order valence-corrected chi connectivity index (χ3v) is 2.55. The van der Waals surface area contributed by atoms with Gasteiger partial charge in [0.1, 0.15) is 0 Å². The average molecular weight is 223 g/mol. The topological polar surface area (TPSA) is 38.0 Å². The first-order valence-corrected chi connectivity index (χ1v) is 4.98. The minimum absolute atomic E-state index is 0.0819. The lowest BCUT2D eigenvalue weighted by Gasteiger charge is -2.02. The van der Waals surface area contributed by atoms with Gasteiger partial charge < -0.3 is 5.11 Å². The molecule has 0 unspecified atom stereocenters. The molecular formula is C11H11ClN2O. The molecule has 0 aliphatic rings. The fraction of sp³-hybridized carbons (Fsp3) is 0.182. The van der Waals surface area contributed by atoms with E-state index >= 15 is 0 Å². The Morgan fingerprint density at radius 1 is 1.33 bits per heavy atom. The Bertz CT molecular complexity index is 479. The summed E-state index contributed by atoms with van der Waals surface area (Å²) in [5.74, 6) is 0. The van der Waals surface area contributed by atoms with Crippen molar-refractivity contribution in [3.8, 4) is 11.1 Å². The first kappa shape index (κ1) is 10.2. The van der Waals surface area contributed by atoms with E-state index in [4.69, 9.17) is 16.7 Å². The van der Waals surface area contributed by atoms with Crippen molar-refractivity contribution in [2.75, 3.05) is 0 Å². The molecule has 2 rings (SSSR count). The van der Waals surface area contributed by atoms with Crippen molar-refractivity contribution in [2.24, 2.45) is 7.05 Å². The number of hydrogen-bond donors (Lipinski definition) is 1. The van der Waals surface area contributed by atoms with Crippen LogP contribution in [0.25, 0.3) is 11.1 Å². The van der Waals surface area contributed by atoms with E-state index in [1.807, 2.05) is 37.5 Å². The van der Waals surface area contributed by atoms with Crippen LogP contribution in [0.4, 0.5) is 0 Å². The van der Waals surface area contributed by atoms with Crippen LogP contribution in [0, 0.1) is 0 Å². The molecular weight excluding hydrogens is 212 g/mol. The SMILES string of the molecule is Cn1cc(-c2ccccc2Cl)c(CO)n1. The Kier molecular flexibility index (Phi) is 2.75. The summed E-state index contributed by atoms with van der Waals surface area (Å²) in [5.41, 5.74) is 2.42. The predicted molar refractivity (Wildman–Crippen MR) is 59.6 cm³/mol. The van der Waals surface area contributed by atoms with Gasteiger partial charge in [0.15, 0.2) is 0 Å². The molecule has 0 atom stereocenters. The summed E-state index contributed by atoms with van der Waals surface area (Å²) in [6.07, 6.45) is 1.85. The second-order valence-electron chi connectivity index (χ2n) is 3.30. The molecule has 0 aliphatic carbocycles. The largest absolute Gasteiger partial charge is 0.390 e. The summed E-state index contributed by atoms with van der Waals surface area (Å²) in [4.78, 5) is 0. The lowest BCUT2D eigenvalue weighted by molar-refractivity contribution is 0.276. The molecule has 0 saturated carbocycles. The molecule has 0 radical (unpaired) electrons. The van der Waals surface area contributed by atoms with Gasteiger partial charge in [0.25, 0.3) is 0 Å². The average Bonchev–Trinajstić information content (AvgIpc) is 2.60. The molecule has 3 nitrogen and oxygen atoms in total. The first-order valence-electron chi connectivity index (χ1n) is 4.60. The molecule has 1 heterocycles. The third kappa shape index (κ3) is 1.89. The number of aryl methyl sites for hydroxylation is 1. The number of benzene rings is 1. The zero-order chi connectivity index (χ0) is 10.8. The molecule has 0 aliphatic heterocycles. The van der Waals surface area contributed by atoms with Crippen LogP contribution in [0.2, 0.25) is 5.02 Å². The van der Waals surface area contributed by atoms with Crippen LogP contribution in [-0.2, 0) is 13.7 Å². The molecule has 1 N–H and O–H groups in total. The number of nitrogens with zero attached hydrogens (tertiary/aromatic N) is 2. The van der Waals surface area contributed by atoms with Gasteiger partial charge in [0, 0.05) is 29.4 Å². The molecule has 1 aromatic carbocycles. The van der Waals surface area contributed by atoms with Gasteiger partial charge in [-0.2, -0.15) is 5.10 Å². The highest BCUT2D eigenvalue weighted by molar-refractivity contribution is 6.33. The maximum Gasteiger partial charge on any atom is 0.0957 e. The van der Waals surface area contributed by atoms with Crippen molar-refractivity contribution in [1.29, 1.82) is 0 Å². The van der Waals surface area contributed by atoms with Crippen molar-refractivity contribution in [3.05, 3.63) is 41.2 Å². The third-order valence-electron chi connectivity index (χ3n) is 2.22. The summed E-state index contributed by atoms with van der Waals surface area (Å²) in [7, 11) is 1.82. The number of aliphatic hydroxyl groups is 1. The lowest BCUT2D eigenvalue weighted by atomic mass is 10.1. The fourth-order valence-corrected chi connectivity index (χ4v) is 1.79. The molecule has 78 valence electrons. The number of halogens is 1. The van der Waals surface area contributed by atoms with Gasteiger partial charge in [-0.05, 0) is 6.07 Å². The Morgan fingerprint density at radius 3 is 2.73 bits per heavy atom. The van der Waals surface area contributed by atoms with Gasteiger partial charge in [-0.25, -0.2) is 0 Å². The quantitative estimate of drug-likeness (QED) is 0.846. The first-order chi connectivity index (χ1) is 7.22. The lowest BCUT2D eigenvalue weighted by Crippen LogP contribution is -1.90. The zero-order valence-corrected chi connectivity index (χ0v) is 9.07. The molecule has 4 heteroatoms. The van der Waals surface area contributed by atoms with E-state index in [1.54, 1.807) is 4.68 Å². The van der Waals surface area contributed by atoms with E-state index in [2.05, 4.69) is 5.10 Å². The second-order valence-corrected chi connectivity index (χ2v) is 3.71. The van der Waals surface area contributed by atoms with Crippen molar-refractivity contribution < 1.29 is 5.11 Å². The van der Waals surface area contributed by atoms with Crippen molar-refractivity contribution in [1.82, 2.24) is 9.78 Å². The second kappa shape index (κ2) is 4.04. The monoisotopic (exact) mass is 222 g/mol. The van der Waals surface area contributed by atoms with Gasteiger partial charge in [0.05, 0.1) is 12.3 Å². The minimum atomic E-state index is -0.0819. The summed E-state index contributed by atoms with van der Waals surface area (Å²) in [5, 5.41) is 14.0. The van der Waals surface area contributed by atoms with E-state index in [0.717, 1.165) is 11.1 Å². The molecule has 15 heavy (non-hydrogen) atoms. The summed E-state index contributed by atoms with van der Waals surface area (Å²) >= 11 is 6.08. The van der Waals surface area contributed by atoms with Crippen LogP contribution in [0.5, 0.6) is 0 Å². The molecule has 0 amide bonds. The maximum absolute atomic E-state index is 9.17. The van der Waals surface area contributed by atoms with Crippen LogP contribution in [-0.4, -0.2) is 14.9 Å². The number of aromatic nitrogens is 2. The summed E-state index contributed by atoms with van der Waals surface area (Å²) < 4.78 is 1.67. The fourth-order valence-electron chi connectivity index (χ4n) is 1.56. The number of aliphatic hydroxyl groups excluding tert-OH is 1. The standard InChI is InChI=1S/C11H11ClN2O/c1-14-6-9(11(7-15)13-14)8-4-2-3-5-10(8)12/h2-6,15H,7H2,1H3. The smallest absolute Gasteiger partial charge is 0.0957 e. The molecule has 0 saturated heterocycles. The summed E-state index contributed by atoms with van der Waals surface area (Å²) in [6.45, 7) is -0.0819. The van der Waals surface area contributed by atoms with Crippen LogP contribution < -0.4 is 0 Å². The molecule has 1 aromatic heterocycles. The molecule has 0 bridgehead atoms. The van der Waals surface area contributed by atoms with Crippen LogP contribution in [0.3, 0.4) is 0 Å². The van der Waals surface area contributed by atoms with Crippen molar-refractivity contribution in [2.45, 2.75) is 6.61 Å². The Balaban J connectivity index is 2.58. The van der Waals surface area contributed by atoms with Gasteiger partial charge in [-0.3, -0.25) is 4.68 Å². The maximum atomic E-state index is 9.17. The molecule has 0 fully saturated rings. The van der Waals surface area contributed by atoms with E-state index in [0.29, 0.717) is 10.7 Å². The predicted octanol–water partition coefficient (Wildman–Crippen LogP) is 2.23. The Hall–Kier alpha value is -1.32. The van der Waals surface area contributed by atoms with E-state index in [9.17, 15) is 0 Å². The van der Waals surface area contributed by atoms with Crippen LogP contribution >= 0.6 is 11.6 Å². The highest BCUT2D eigenvalue weighted by Crippen LogP contribution is 2.29. The number of hydrogen-bond acceptors (Lipinski definition) is 2. The highest BCUT2D eigenvalue weighted by Gasteiger charge is 2.11. The van der Waals surface area contributed by atoms with Gasteiger partial charge in [-0.1, -0.05) is 29.8 Å². The van der Waals surface area contributed by atoms with Crippen molar-refractivity contribution >= 4 is 11.6 Å².